The Morgan fingerprint density at radius 2 is 1.92 bits per heavy atom. The number of carbonyl (C=O) groups excluding carboxylic acids is 1. The van der Waals surface area contributed by atoms with Crippen molar-refractivity contribution in [3.63, 3.8) is 0 Å². The molecule has 142 valence electrons. The Bertz CT molecular complexity index is 514. The minimum Gasteiger partial charge on any atom is -0.475 e. The van der Waals surface area contributed by atoms with E-state index in [1.807, 2.05) is 39.8 Å². The Labute approximate surface area is 150 Å². The fourth-order valence-corrected chi connectivity index (χ4v) is 2.22. The van der Waals surface area contributed by atoms with Gasteiger partial charge in [-0.05, 0) is 47.1 Å². The highest BCUT2D eigenvalue weighted by Crippen LogP contribution is 2.14. The summed E-state index contributed by atoms with van der Waals surface area (Å²) in [4.78, 5) is 16.0. The van der Waals surface area contributed by atoms with E-state index < -0.39 is 11.7 Å². The van der Waals surface area contributed by atoms with Gasteiger partial charge in [-0.3, -0.25) is 0 Å². The van der Waals surface area contributed by atoms with Crippen molar-refractivity contribution in [2.24, 2.45) is 0 Å². The van der Waals surface area contributed by atoms with Crippen molar-refractivity contribution < 1.29 is 19.0 Å². The van der Waals surface area contributed by atoms with Crippen molar-refractivity contribution in [1.82, 2.24) is 10.3 Å². The zero-order chi connectivity index (χ0) is 18.9. The predicted octanol–water partition coefficient (Wildman–Crippen LogP) is 3.21. The van der Waals surface area contributed by atoms with Crippen LogP contribution < -0.4 is 15.4 Å². The van der Waals surface area contributed by atoms with Gasteiger partial charge in [-0.2, -0.15) is 0 Å². The molecule has 1 rings (SSSR count). The van der Waals surface area contributed by atoms with Crippen molar-refractivity contribution >= 4 is 11.8 Å². The zero-order valence-electron chi connectivity index (χ0n) is 16.1. The Morgan fingerprint density at radius 1 is 1.20 bits per heavy atom. The highest BCUT2D eigenvalue weighted by Gasteiger charge is 2.18. The smallest absolute Gasteiger partial charge is 0.407 e. The van der Waals surface area contributed by atoms with Crippen LogP contribution in [0.1, 0.15) is 41.0 Å². The third-order valence-electron chi connectivity index (χ3n) is 3.16. The van der Waals surface area contributed by atoms with E-state index in [0.29, 0.717) is 19.1 Å². The average Bonchev–Trinajstić information content (AvgIpc) is 2.46. The summed E-state index contributed by atoms with van der Waals surface area (Å²) >= 11 is 0. The molecule has 0 aliphatic carbocycles. The summed E-state index contributed by atoms with van der Waals surface area (Å²) in [6, 6.07) is 3.87. The first-order valence-corrected chi connectivity index (χ1v) is 8.53. The summed E-state index contributed by atoms with van der Waals surface area (Å²) in [5.74, 6) is 0.565. The molecule has 7 heteroatoms. The van der Waals surface area contributed by atoms with Crippen LogP contribution in [0, 0.1) is 0 Å². The average molecular weight is 353 g/mol. The van der Waals surface area contributed by atoms with Gasteiger partial charge >= 0.3 is 6.09 Å². The first-order chi connectivity index (χ1) is 11.7. The Kier molecular flexibility index (Phi) is 8.48. The number of pyridine rings is 1. The number of nitrogens with zero attached hydrogens (tertiary/aromatic N) is 1. The van der Waals surface area contributed by atoms with Crippen LogP contribution in [-0.4, -0.2) is 49.1 Å². The van der Waals surface area contributed by atoms with Crippen molar-refractivity contribution in [3.05, 3.63) is 18.3 Å². The van der Waals surface area contributed by atoms with Gasteiger partial charge in [0.2, 0.25) is 5.88 Å². The zero-order valence-corrected chi connectivity index (χ0v) is 16.1. The standard InChI is InChI=1S/C18H31N3O4/c1-13(11-14(2)21-17(22)25-18(3,4)5)20-15-7-8-16(19-12-15)24-10-9-23-6/h7-8,12-14,20H,9-11H2,1-6H3,(H,21,22). The molecule has 0 aliphatic heterocycles. The lowest BCUT2D eigenvalue weighted by Gasteiger charge is -2.24. The van der Waals surface area contributed by atoms with Gasteiger partial charge in [-0.1, -0.05) is 0 Å². The molecular formula is C18H31N3O4. The second kappa shape index (κ2) is 10.1. The normalized spacial score (nSPS) is 13.7. The number of methoxy groups -OCH3 is 1. The molecule has 2 atom stereocenters. The highest BCUT2D eigenvalue weighted by atomic mass is 16.6. The van der Waals surface area contributed by atoms with Crippen LogP contribution in [0.15, 0.2) is 18.3 Å². The number of hydrogen-bond donors (Lipinski definition) is 2. The van der Waals surface area contributed by atoms with Gasteiger partial charge < -0.3 is 24.8 Å². The van der Waals surface area contributed by atoms with Gasteiger partial charge in [-0.15, -0.1) is 0 Å². The van der Waals surface area contributed by atoms with E-state index in [4.69, 9.17) is 14.2 Å². The molecule has 2 unspecified atom stereocenters. The van der Waals surface area contributed by atoms with Crippen LogP contribution in [0.5, 0.6) is 5.88 Å². The molecule has 0 fully saturated rings. The SMILES string of the molecule is COCCOc1ccc(NC(C)CC(C)NC(=O)OC(C)(C)C)cn1. The molecule has 7 nitrogen and oxygen atoms in total. The molecule has 0 aromatic carbocycles. The molecule has 1 heterocycles. The maximum Gasteiger partial charge on any atom is 0.407 e. The first-order valence-electron chi connectivity index (χ1n) is 8.53. The molecule has 1 amide bonds. The number of hydrogen-bond acceptors (Lipinski definition) is 6. The van der Waals surface area contributed by atoms with Crippen LogP contribution in [0.2, 0.25) is 0 Å². The Morgan fingerprint density at radius 3 is 2.48 bits per heavy atom. The van der Waals surface area contributed by atoms with Crippen molar-refractivity contribution in [3.8, 4) is 5.88 Å². The van der Waals surface area contributed by atoms with E-state index in [-0.39, 0.29) is 12.1 Å². The number of alkyl carbamates (subject to hydrolysis) is 1. The van der Waals surface area contributed by atoms with Crippen LogP contribution in [0.4, 0.5) is 10.5 Å². The van der Waals surface area contributed by atoms with E-state index in [0.717, 1.165) is 12.1 Å². The summed E-state index contributed by atoms with van der Waals surface area (Å²) in [6.45, 7) is 10.5. The van der Waals surface area contributed by atoms with E-state index in [1.54, 1.807) is 13.3 Å². The van der Waals surface area contributed by atoms with Gasteiger partial charge in [0.15, 0.2) is 0 Å². The number of ether oxygens (including phenoxy) is 3. The van der Waals surface area contributed by atoms with Crippen molar-refractivity contribution in [1.29, 1.82) is 0 Å². The largest absolute Gasteiger partial charge is 0.475 e. The van der Waals surface area contributed by atoms with E-state index in [2.05, 4.69) is 22.5 Å². The van der Waals surface area contributed by atoms with E-state index in [9.17, 15) is 4.79 Å². The first kappa shape index (κ1) is 21.0. The molecule has 0 radical (unpaired) electrons. The number of carbonyl (C=O) groups is 1. The number of rotatable bonds is 9. The second-order valence-corrected chi connectivity index (χ2v) is 7.05. The quantitative estimate of drug-likeness (QED) is 0.664. The monoisotopic (exact) mass is 353 g/mol. The number of aromatic nitrogens is 1. The third-order valence-corrected chi connectivity index (χ3v) is 3.16. The van der Waals surface area contributed by atoms with Gasteiger partial charge in [0.1, 0.15) is 12.2 Å². The van der Waals surface area contributed by atoms with Crippen LogP contribution in [0.25, 0.3) is 0 Å². The summed E-state index contributed by atoms with van der Waals surface area (Å²) in [5, 5.41) is 6.20. The topological polar surface area (TPSA) is 81.7 Å². The maximum atomic E-state index is 11.8. The van der Waals surface area contributed by atoms with Crippen LogP contribution in [0.3, 0.4) is 0 Å². The molecule has 0 bridgehead atoms. The summed E-state index contributed by atoms with van der Waals surface area (Å²) in [6.07, 6.45) is 2.09. The molecule has 0 spiro atoms. The predicted molar refractivity (Wildman–Crippen MR) is 98.1 cm³/mol. The fourth-order valence-electron chi connectivity index (χ4n) is 2.22. The summed E-state index contributed by atoms with van der Waals surface area (Å²) < 4.78 is 15.6. The van der Waals surface area contributed by atoms with Gasteiger partial charge in [-0.25, -0.2) is 9.78 Å². The van der Waals surface area contributed by atoms with E-state index >= 15 is 0 Å². The van der Waals surface area contributed by atoms with E-state index in [1.165, 1.54) is 0 Å². The van der Waals surface area contributed by atoms with Crippen LogP contribution in [-0.2, 0) is 9.47 Å². The number of amides is 1. The molecule has 0 saturated carbocycles. The number of anilines is 1. The molecule has 25 heavy (non-hydrogen) atoms. The molecule has 1 aromatic heterocycles. The lowest BCUT2D eigenvalue weighted by atomic mass is 10.1. The third kappa shape index (κ3) is 9.76. The molecule has 0 saturated heterocycles. The van der Waals surface area contributed by atoms with Gasteiger partial charge in [0, 0.05) is 25.3 Å². The minimum absolute atomic E-state index is 0.0121. The summed E-state index contributed by atoms with van der Waals surface area (Å²) in [7, 11) is 1.63. The molecule has 1 aromatic rings. The maximum absolute atomic E-state index is 11.8. The molecular weight excluding hydrogens is 322 g/mol. The Balaban J connectivity index is 2.37. The summed E-state index contributed by atoms with van der Waals surface area (Å²) in [5.41, 5.74) is 0.405. The van der Waals surface area contributed by atoms with Gasteiger partial charge in [0.05, 0.1) is 18.5 Å². The molecule has 2 N–H and O–H groups in total. The lowest BCUT2D eigenvalue weighted by Crippen LogP contribution is -2.39. The number of nitrogens with one attached hydrogen (secondary N) is 2. The fraction of sp³-hybridized carbons (Fsp3) is 0.667. The molecule has 0 aliphatic rings. The van der Waals surface area contributed by atoms with Crippen molar-refractivity contribution in [2.45, 2.75) is 58.7 Å². The van der Waals surface area contributed by atoms with Crippen LogP contribution >= 0.6 is 0 Å². The van der Waals surface area contributed by atoms with Gasteiger partial charge in [0.25, 0.3) is 0 Å². The lowest BCUT2D eigenvalue weighted by molar-refractivity contribution is 0.0506. The second-order valence-electron chi connectivity index (χ2n) is 7.05. The Hall–Kier alpha value is -2.02. The minimum atomic E-state index is -0.494. The highest BCUT2D eigenvalue weighted by molar-refractivity contribution is 5.68. The van der Waals surface area contributed by atoms with Crippen molar-refractivity contribution in [2.75, 3.05) is 25.6 Å².